The fourth-order valence-electron chi connectivity index (χ4n) is 5.52. The van der Waals surface area contributed by atoms with E-state index in [1.807, 2.05) is 42.5 Å². The van der Waals surface area contributed by atoms with Gasteiger partial charge in [-0.05, 0) is 41.7 Å². The molecule has 3 heterocycles. The highest BCUT2D eigenvalue weighted by atomic mass is 16.3. The van der Waals surface area contributed by atoms with E-state index in [1.165, 1.54) is 11.1 Å². The van der Waals surface area contributed by atoms with Crippen LogP contribution in [0.3, 0.4) is 0 Å². The highest BCUT2D eigenvalue weighted by molar-refractivity contribution is 6.02. The molecule has 1 fully saturated rings. The molecule has 172 valence electrons. The molecule has 1 saturated heterocycles. The summed E-state index contributed by atoms with van der Waals surface area (Å²) in [6, 6.07) is 22.5. The van der Waals surface area contributed by atoms with Crippen LogP contribution in [0.1, 0.15) is 27.9 Å². The molecule has 6 rings (SSSR count). The molecule has 2 atom stereocenters. The third-order valence-corrected chi connectivity index (χ3v) is 7.32. The van der Waals surface area contributed by atoms with Gasteiger partial charge in [-0.1, -0.05) is 54.6 Å². The number of H-pyrrole nitrogens is 1. The number of piperidine rings is 1. The third kappa shape index (κ3) is 3.79. The average Bonchev–Trinajstić information content (AvgIpc) is 3.37. The molecule has 2 aliphatic rings. The maximum absolute atomic E-state index is 13.5. The number of hydrogen-bond acceptors (Lipinski definition) is 4. The van der Waals surface area contributed by atoms with Crippen LogP contribution in [0.15, 0.2) is 73.1 Å². The number of rotatable bonds is 3. The van der Waals surface area contributed by atoms with Gasteiger partial charge in [0.1, 0.15) is 0 Å². The zero-order chi connectivity index (χ0) is 23.1. The lowest BCUT2D eigenvalue weighted by Crippen LogP contribution is -2.56. The second-order valence-corrected chi connectivity index (χ2v) is 9.35. The zero-order valence-corrected chi connectivity index (χ0v) is 19.0. The van der Waals surface area contributed by atoms with Crippen molar-refractivity contribution in [3.8, 4) is 11.1 Å². The molecule has 1 amide bonds. The maximum Gasteiger partial charge on any atom is 0.254 e. The van der Waals surface area contributed by atoms with Gasteiger partial charge >= 0.3 is 0 Å². The number of nitrogens with zero attached hydrogens (tertiary/aromatic N) is 3. The number of likely N-dealkylation sites (tertiary alicyclic amines) is 1. The molecule has 0 radical (unpaired) electrons. The van der Waals surface area contributed by atoms with Crippen LogP contribution in [0.4, 0.5) is 0 Å². The molecule has 2 aliphatic heterocycles. The molecule has 34 heavy (non-hydrogen) atoms. The molecule has 0 bridgehead atoms. The van der Waals surface area contributed by atoms with Crippen molar-refractivity contribution in [1.29, 1.82) is 0 Å². The molecular formula is C28H28N4O2. The Kier molecular flexibility index (Phi) is 5.40. The lowest BCUT2D eigenvalue weighted by molar-refractivity contribution is -0.0137. The molecule has 0 spiro atoms. The Morgan fingerprint density at radius 3 is 2.62 bits per heavy atom. The van der Waals surface area contributed by atoms with E-state index in [0.29, 0.717) is 18.7 Å². The number of β-amino-alcohol motifs (C(OH)–C–C–N with tert-alkyl or cyclic N) is 1. The first-order valence-electron chi connectivity index (χ1n) is 12.0. The van der Waals surface area contributed by atoms with Crippen molar-refractivity contribution < 1.29 is 9.90 Å². The van der Waals surface area contributed by atoms with Gasteiger partial charge in [0, 0.05) is 43.3 Å². The van der Waals surface area contributed by atoms with E-state index in [0.717, 1.165) is 48.1 Å². The van der Waals surface area contributed by atoms with E-state index in [1.54, 1.807) is 11.2 Å². The number of aromatic nitrogens is 2. The van der Waals surface area contributed by atoms with Crippen molar-refractivity contribution in [1.82, 2.24) is 19.8 Å². The zero-order valence-electron chi connectivity index (χ0n) is 19.0. The van der Waals surface area contributed by atoms with E-state index in [2.05, 4.69) is 39.1 Å². The Balaban J connectivity index is 1.21. The van der Waals surface area contributed by atoms with Gasteiger partial charge in [-0.2, -0.15) is 0 Å². The van der Waals surface area contributed by atoms with Gasteiger partial charge in [-0.25, -0.2) is 4.98 Å². The fourth-order valence-corrected chi connectivity index (χ4v) is 5.52. The van der Waals surface area contributed by atoms with Gasteiger partial charge in [-0.15, -0.1) is 0 Å². The summed E-state index contributed by atoms with van der Waals surface area (Å²) >= 11 is 0. The summed E-state index contributed by atoms with van der Waals surface area (Å²) in [5.74, 6) is -0.0461. The Hall–Kier alpha value is -3.48. The van der Waals surface area contributed by atoms with Gasteiger partial charge in [-0.3, -0.25) is 9.69 Å². The topological polar surface area (TPSA) is 72.5 Å². The fraction of sp³-hybridized carbons (Fsp3) is 0.286. The summed E-state index contributed by atoms with van der Waals surface area (Å²) in [4.78, 5) is 25.3. The lowest BCUT2D eigenvalue weighted by Gasteiger charge is -2.43. The summed E-state index contributed by atoms with van der Waals surface area (Å²) in [5, 5.41) is 11.1. The predicted octanol–water partition coefficient (Wildman–Crippen LogP) is 3.86. The molecular weight excluding hydrogens is 424 g/mol. The van der Waals surface area contributed by atoms with Crippen LogP contribution < -0.4 is 0 Å². The van der Waals surface area contributed by atoms with E-state index >= 15 is 0 Å². The van der Waals surface area contributed by atoms with Crippen LogP contribution in [0.2, 0.25) is 0 Å². The van der Waals surface area contributed by atoms with Crippen LogP contribution in [0.25, 0.3) is 22.2 Å². The summed E-state index contributed by atoms with van der Waals surface area (Å²) < 4.78 is 0. The quantitative estimate of drug-likeness (QED) is 0.495. The van der Waals surface area contributed by atoms with Crippen molar-refractivity contribution in [3.63, 3.8) is 0 Å². The first kappa shape index (κ1) is 21.1. The van der Waals surface area contributed by atoms with Crippen LogP contribution in [0.5, 0.6) is 0 Å². The van der Waals surface area contributed by atoms with Crippen molar-refractivity contribution >= 4 is 16.9 Å². The van der Waals surface area contributed by atoms with Gasteiger partial charge in [0.05, 0.1) is 23.5 Å². The molecule has 4 aromatic rings. The number of aliphatic hydroxyl groups excluding tert-OH is 1. The first-order valence-corrected chi connectivity index (χ1v) is 12.0. The minimum atomic E-state index is -0.563. The van der Waals surface area contributed by atoms with Crippen molar-refractivity contribution in [2.45, 2.75) is 31.5 Å². The summed E-state index contributed by atoms with van der Waals surface area (Å²) in [6.07, 6.45) is 2.88. The van der Waals surface area contributed by atoms with E-state index in [-0.39, 0.29) is 11.9 Å². The van der Waals surface area contributed by atoms with Gasteiger partial charge in [0.15, 0.2) is 0 Å². The summed E-state index contributed by atoms with van der Waals surface area (Å²) in [7, 11) is 0. The number of carbonyl (C=O) groups is 1. The van der Waals surface area contributed by atoms with E-state index in [4.69, 9.17) is 0 Å². The summed E-state index contributed by atoms with van der Waals surface area (Å²) in [6.45, 7) is 2.80. The molecule has 6 heteroatoms. The average molecular weight is 453 g/mol. The number of aliphatic hydroxyl groups is 1. The molecule has 6 nitrogen and oxygen atoms in total. The van der Waals surface area contributed by atoms with Gasteiger partial charge in [0.2, 0.25) is 0 Å². The van der Waals surface area contributed by atoms with Crippen LogP contribution in [-0.4, -0.2) is 62.6 Å². The number of fused-ring (bicyclic) bond motifs is 2. The molecule has 1 aromatic heterocycles. The lowest BCUT2D eigenvalue weighted by atomic mass is 9.93. The highest BCUT2D eigenvalue weighted by Crippen LogP contribution is 2.30. The maximum atomic E-state index is 13.5. The number of amides is 1. The first-order chi connectivity index (χ1) is 16.7. The van der Waals surface area contributed by atoms with Crippen molar-refractivity contribution in [2.75, 3.05) is 19.6 Å². The highest BCUT2D eigenvalue weighted by Gasteiger charge is 2.35. The second-order valence-electron chi connectivity index (χ2n) is 9.35. The van der Waals surface area contributed by atoms with E-state index < -0.39 is 6.10 Å². The Morgan fingerprint density at radius 2 is 1.79 bits per heavy atom. The molecule has 0 saturated carbocycles. The van der Waals surface area contributed by atoms with Gasteiger partial charge in [0.25, 0.3) is 5.91 Å². The van der Waals surface area contributed by atoms with Crippen molar-refractivity contribution in [3.05, 3.63) is 89.7 Å². The molecule has 0 unspecified atom stereocenters. The SMILES string of the molecule is O=C(c1cc(-c2ccccc2)c2nc[nH]c2c1)N1CC[C@H](N2CCc3ccccc3C2)[C@@H](O)C1. The smallest absolute Gasteiger partial charge is 0.254 e. The van der Waals surface area contributed by atoms with Gasteiger partial charge < -0.3 is 15.0 Å². The number of hydrogen-bond donors (Lipinski definition) is 2. The number of carbonyl (C=O) groups excluding carboxylic acids is 1. The Morgan fingerprint density at radius 1 is 1.00 bits per heavy atom. The number of nitrogens with one attached hydrogen (secondary N) is 1. The number of imidazole rings is 1. The Labute approximate surface area is 198 Å². The van der Waals surface area contributed by atoms with Crippen LogP contribution >= 0.6 is 0 Å². The van der Waals surface area contributed by atoms with Crippen LogP contribution in [-0.2, 0) is 13.0 Å². The molecule has 3 aromatic carbocycles. The normalized spacial score (nSPS) is 20.9. The van der Waals surface area contributed by atoms with Crippen molar-refractivity contribution in [2.24, 2.45) is 0 Å². The number of aromatic amines is 1. The van der Waals surface area contributed by atoms with E-state index in [9.17, 15) is 9.90 Å². The Bertz CT molecular complexity index is 1330. The third-order valence-electron chi connectivity index (χ3n) is 7.32. The molecule has 0 aliphatic carbocycles. The second kappa shape index (κ2) is 8.70. The minimum Gasteiger partial charge on any atom is -0.390 e. The predicted molar refractivity (Wildman–Crippen MR) is 132 cm³/mol. The van der Waals surface area contributed by atoms with Crippen LogP contribution in [0, 0.1) is 0 Å². The standard InChI is InChI=1S/C28H28N4O2/c33-26-17-32(13-11-25(26)31-12-10-19-6-4-5-9-21(19)16-31)28(34)22-14-23(20-7-2-1-3-8-20)27-24(15-22)29-18-30-27/h1-9,14-15,18,25-26,33H,10-13,16-17H2,(H,29,30)/t25-,26-/m0/s1. The minimum absolute atomic E-state index is 0.0461. The largest absolute Gasteiger partial charge is 0.390 e. The monoisotopic (exact) mass is 452 g/mol. The summed E-state index contributed by atoms with van der Waals surface area (Å²) in [5.41, 5.74) is 7.03. The molecule has 2 N–H and O–H groups in total. The number of benzene rings is 3.